The van der Waals surface area contributed by atoms with Crippen LogP contribution in [-0.4, -0.2) is 30.9 Å². The van der Waals surface area contributed by atoms with E-state index < -0.39 is 0 Å². The molecule has 1 aromatic rings. The number of rotatable bonds is 4. The summed E-state index contributed by atoms with van der Waals surface area (Å²) < 4.78 is 5.23. The second-order valence-electron chi connectivity index (χ2n) is 4.85. The maximum atomic E-state index is 9.64. The molecule has 1 aromatic carbocycles. The predicted molar refractivity (Wildman–Crippen MR) is 68.4 cm³/mol. The van der Waals surface area contributed by atoms with Gasteiger partial charge in [0.15, 0.2) is 0 Å². The average molecular weight is 235 g/mol. The largest absolute Gasteiger partial charge is 0.497 e. The number of hydrogen-bond donors (Lipinski definition) is 2. The molecule has 1 unspecified atom stereocenters. The van der Waals surface area contributed by atoms with Gasteiger partial charge in [0.1, 0.15) is 5.75 Å². The van der Waals surface area contributed by atoms with Gasteiger partial charge in [-0.1, -0.05) is 18.6 Å². The summed E-state index contributed by atoms with van der Waals surface area (Å²) in [6.45, 7) is 1.20. The maximum Gasteiger partial charge on any atom is 0.119 e. The van der Waals surface area contributed by atoms with E-state index in [4.69, 9.17) is 4.74 Å². The van der Waals surface area contributed by atoms with Crippen LogP contribution in [0.2, 0.25) is 0 Å². The highest BCUT2D eigenvalue weighted by molar-refractivity contribution is 5.29. The first-order valence-corrected chi connectivity index (χ1v) is 6.27. The lowest BCUT2D eigenvalue weighted by atomic mass is 9.84. The first kappa shape index (κ1) is 12.4. The minimum Gasteiger partial charge on any atom is -0.497 e. The Morgan fingerprint density at radius 3 is 2.94 bits per heavy atom. The fourth-order valence-electron chi connectivity index (χ4n) is 2.55. The molecule has 3 nitrogen and oxygen atoms in total. The van der Waals surface area contributed by atoms with E-state index in [1.807, 2.05) is 18.2 Å². The van der Waals surface area contributed by atoms with Crippen LogP contribution in [-0.2, 0) is 6.42 Å². The number of aliphatic hydroxyl groups is 1. The summed E-state index contributed by atoms with van der Waals surface area (Å²) in [5, 5.41) is 13.1. The number of aliphatic hydroxyl groups excluding tert-OH is 1. The molecule has 0 aromatic heterocycles. The van der Waals surface area contributed by atoms with Crippen molar-refractivity contribution in [1.82, 2.24) is 5.32 Å². The van der Waals surface area contributed by atoms with E-state index in [9.17, 15) is 5.11 Å². The van der Waals surface area contributed by atoms with E-state index >= 15 is 0 Å². The molecule has 0 aliphatic carbocycles. The number of hydrogen-bond acceptors (Lipinski definition) is 3. The van der Waals surface area contributed by atoms with Gasteiger partial charge in [-0.05, 0) is 43.5 Å². The van der Waals surface area contributed by atoms with E-state index in [1.54, 1.807) is 7.11 Å². The van der Waals surface area contributed by atoms with Crippen LogP contribution in [0.1, 0.15) is 24.8 Å². The lowest BCUT2D eigenvalue weighted by molar-refractivity contribution is 0.131. The first-order valence-electron chi connectivity index (χ1n) is 6.27. The van der Waals surface area contributed by atoms with Gasteiger partial charge in [-0.2, -0.15) is 0 Å². The highest BCUT2D eigenvalue weighted by Crippen LogP contribution is 2.25. The molecule has 2 N–H and O–H groups in total. The normalized spacial score (nSPS) is 24.6. The molecule has 2 rings (SSSR count). The van der Waals surface area contributed by atoms with Crippen LogP contribution in [0.15, 0.2) is 24.3 Å². The van der Waals surface area contributed by atoms with Crippen molar-refractivity contribution in [3.63, 3.8) is 0 Å². The second-order valence-corrected chi connectivity index (χ2v) is 4.85. The van der Waals surface area contributed by atoms with Gasteiger partial charge in [-0.3, -0.25) is 0 Å². The number of piperidine rings is 1. The van der Waals surface area contributed by atoms with Crippen molar-refractivity contribution in [2.24, 2.45) is 0 Å². The van der Waals surface area contributed by atoms with Gasteiger partial charge in [0.2, 0.25) is 0 Å². The minimum atomic E-state index is -0.134. The smallest absolute Gasteiger partial charge is 0.119 e. The third-order valence-electron chi connectivity index (χ3n) is 3.56. The number of methoxy groups -OCH3 is 1. The zero-order valence-electron chi connectivity index (χ0n) is 10.4. The fourth-order valence-corrected chi connectivity index (χ4v) is 2.55. The Morgan fingerprint density at radius 1 is 1.41 bits per heavy atom. The van der Waals surface area contributed by atoms with Gasteiger partial charge in [0, 0.05) is 5.54 Å². The molecule has 1 fully saturated rings. The van der Waals surface area contributed by atoms with Gasteiger partial charge >= 0.3 is 0 Å². The summed E-state index contributed by atoms with van der Waals surface area (Å²) in [4.78, 5) is 0. The monoisotopic (exact) mass is 235 g/mol. The number of nitrogens with one attached hydrogen (secondary N) is 1. The number of benzene rings is 1. The summed E-state index contributed by atoms with van der Waals surface area (Å²) >= 11 is 0. The molecular weight excluding hydrogens is 214 g/mol. The van der Waals surface area contributed by atoms with Crippen LogP contribution in [0.5, 0.6) is 5.75 Å². The summed E-state index contributed by atoms with van der Waals surface area (Å²) in [7, 11) is 1.68. The third-order valence-corrected chi connectivity index (χ3v) is 3.56. The van der Waals surface area contributed by atoms with Crippen molar-refractivity contribution in [1.29, 1.82) is 0 Å². The Hall–Kier alpha value is -1.06. The molecule has 0 radical (unpaired) electrons. The first-order chi connectivity index (χ1) is 8.28. The van der Waals surface area contributed by atoms with Gasteiger partial charge in [0.05, 0.1) is 13.7 Å². The minimum absolute atomic E-state index is 0.134. The summed E-state index contributed by atoms with van der Waals surface area (Å²) in [6, 6.07) is 8.09. The Balaban J connectivity index is 2.11. The molecule has 0 saturated carbocycles. The Labute approximate surface area is 103 Å². The Morgan fingerprint density at radius 2 is 2.29 bits per heavy atom. The molecule has 0 amide bonds. The molecule has 1 aliphatic heterocycles. The summed E-state index contributed by atoms with van der Waals surface area (Å²) in [6.07, 6.45) is 4.30. The van der Waals surface area contributed by atoms with Crippen molar-refractivity contribution in [3.8, 4) is 5.75 Å². The molecule has 1 heterocycles. The Bertz CT molecular complexity index is 359. The molecule has 1 saturated heterocycles. The standard InChI is InChI=1S/C14H21NO2/c1-17-13-6-4-5-12(9-13)10-14(11-16)7-2-3-8-15-14/h4-6,9,15-16H,2-3,7-8,10-11H2,1H3. The lowest BCUT2D eigenvalue weighted by Gasteiger charge is -2.37. The van der Waals surface area contributed by atoms with Crippen molar-refractivity contribution in [3.05, 3.63) is 29.8 Å². The molecule has 3 heteroatoms. The van der Waals surface area contributed by atoms with E-state index in [2.05, 4.69) is 11.4 Å². The van der Waals surface area contributed by atoms with Gasteiger partial charge < -0.3 is 15.2 Å². The van der Waals surface area contributed by atoms with Crippen LogP contribution in [0.3, 0.4) is 0 Å². The zero-order chi connectivity index (χ0) is 12.1. The maximum absolute atomic E-state index is 9.64. The van der Waals surface area contributed by atoms with Crippen LogP contribution < -0.4 is 10.1 Å². The van der Waals surface area contributed by atoms with E-state index in [1.165, 1.54) is 18.4 Å². The SMILES string of the molecule is COc1cccc(CC2(CO)CCCCN2)c1. The van der Waals surface area contributed by atoms with Crippen molar-refractivity contribution >= 4 is 0 Å². The van der Waals surface area contributed by atoms with Gasteiger partial charge in [-0.25, -0.2) is 0 Å². The fraction of sp³-hybridized carbons (Fsp3) is 0.571. The molecule has 0 spiro atoms. The molecule has 1 aliphatic rings. The molecular formula is C14H21NO2. The van der Waals surface area contributed by atoms with Crippen LogP contribution >= 0.6 is 0 Å². The van der Waals surface area contributed by atoms with Crippen molar-refractivity contribution < 1.29 is 9.84 Å². The summed E-state index contributed by atoms with van der Waals surface area (Å²) in [5.74, 6) is 0.881. The quantitative estimate of drug-likeness (QED) is 0.835. The van der Waals surface area contributed by atoms with E-state index in [0.29, 0.717) is 0 Å². The molecule has 1 atom stereocenters. The molecule has 0 bridgehead atoms. The topological polar surface area (TPSA) is 41.5 Å². The van der Waals surface area contributed by atoms with Crippen molar-refractivity contribution in [2.45, 2.75) is 31.2 Å². The molecule has 94 valence electrons. The van der Waals surface area contributed by atoms with Gasteiger partial charge in [-0.15, -0.1) is 0 Å². The van der Waals surface area contributed by atoms with E-state index in [0.717, 1.165) is 25.1 Å². The Kier molecular flexibility index (Phi) is 4.02. The lowest BCUT2D eigenvalue weighted by Crippen LogP contribution is -2.53. The second kappa shape index (κ2) is 5.52. The predicted octanol–water partition coefficient (Wildman–Crippen LogP) is 1.74. The summed E-state index contributed by atoms with van der Waals surface area (Å²) in [5.41, 5.74) is 1.08. The van der Waals surface area contributed by atoms with Crippen LogP contribution in [0.4, 0.5) is 0 Å². The van der Waals surface area contributed by atoms with E-state index in [-0.39, 0.29) is 12.1 Å². The van der Waals surface area contributed by atoms with Gasteiger partial charge in [0.25, 0.3) is 0 Å². The highest BCUT2D eigenvalue weighted by Gasteiger charge is 2.30. The van der Waals surface area contributed by atoms with Crippen LogP contribution in [0, 0.1) is 0 Å². The average Bonchev–Trinajstić information content (AvgIpc) is 2.40. The van der Waals surface area contributed by atoms with Crippen molar-refractivity contribution in [2.75, 3.05) is 20.3 Å². The number of ether oxygens (including phenoxy) is 1. The van der Waals surface area contributed by atoms with Crippen LogP contribution in [0.25, 0.3) is 0 Å². The highest BCUT2D eigenvalue weighted by atomic mass is 16.5. The zero-order valence-corrected chi connectivity index (χ0v) is 10.4. The third kappa shape index (κ3) is 2.99. The molecule has 17 heavy (non-hydrogen) atoms.